The van der Waals surface area contributed by atoms with E-state index in [0.29, 0.717) is 65.0 Å². The molecule has 0 bridgehead atoms. The lowest BCUT2D eigenvalue weighted by Crippen LogP contribution is -2.67. The molecule has 4 fully saturated rings. The van der Waals surface area contributed by atoms with Crippen LogP contribution in [0.3, 0.4) is 0 Å². The van der Waals surface area contributed by atoms with Crippen molar-refractivity contribution in [3.8, 4) is 23.0 Å². The highest BCUT2D eigenvalue weighted by Crippen LogP contribution is 2.70. The second kappa shape index (κ2) is 12.6. The Hall–Kier alpha value is -3.34. The van der Waals surface area contributed by atoms with Gasteiger partial charge in [0, 0.05) is 63.8 Å². The molecule has 2 aromatic carbocycles. The summed E-state index contributed by atoms with van der Waals surface area (Å²) in [5, 5.41) is 58.1. The standard InChI is InChI=1S/C48H64O10/c1-23-10-12-32-43(4,5)34(53)14-16-45(32,8)47(23)20-28-30(51)18-26(22-49)36(41(28)57-47)38-39(54)27-19-31(52)29-21-48(58-42(29)37(27)40(38)55)24(2)11-13-33-44(6,7)35(56-25(3)50)15-17-46(33,48)9/h18-19,23-24,32-35,38,40,49,51-53,55H,10-17,20-22H2,1-9H3/t23-,24-,32+,33+,34-,35-,38-,40-,45+,46+,47-,48-/m1/s1. The summed E-state index contributed by atoms with van der Waals surface area (Å²) in [5.74, 6) is -0.740. The van der Waals surface area contributed by atoms with Gasteiger partial charge in [-0.3, -0.25) is 9.59 Å². The van der Waals surface area contributed by atoms with Crippen LogP contribution in [0.4, 0.5) is 0 Å². The number of Topliss-reactive ketones (excluding diaryl/α,β-unsaturated/α-hetero) is 1. The van der Waals surface area contributed by atoms with Crippen LogP contribution in [-0.4, -0.2) is 60.7 Å². The zero-order valence-electron chi connectivity index (χ0n) is 35.8. The summed E-state index contributed by atoms with van der Waals surface area (Å²) < 4.78 is 20.5. The number of carbonyl (C=O) groups is 2. The molecule has 9 rings (SSSR count). The molecule has 10 heteroatoms. The summed E-state index contributed by atoms with van der Waals surface area (Å²) in [6.07, 6.45) is 5.18. The fraction of sp³-hybridized carbons (Fsp3) is 0.708. The summed E-state index contributed by atoms with van der Waals surface area (Å²) in [4.78, 5) is 27.1. The number of aliphatic hydroxyl groups excluding tert-OH is 3. The first-order chi connectivity index (χ1) is 27.1. The van der Waals surface area contributed by atoms with E-state index in [4.69, 9.17) is 14.2 Å². The van der Waals surface area contributed by atoms with Crippen LogP contribution in [0.5, 0.6) is 23.0 Å². The van der Waals surface area contributed by atoms with E-state index in [-0.39, 0.29) is 74.5 Å². The number of carbonyl (C=O) groups excluding carboxylic acids is 2. The Morgan fingerprint density at radius 2 is 1.28 bits per heavy atom. The van der Waals surface area contributed by atoms with E-state index in [1.165, 1.54) is 19.1 Å². The molecule has 4 saturated carbocycles. The maximum Gasteiger partial charge on any atom is 0.302 e. The number of benzene rings is 2. The van der Waals surface area contributed by atoms with E-state index in [2.05, 4.69) is 55.4 Å². The minimum absolute atomic E-state index is 0.00519. The van der Waals surface area contributed by atoms with Crippen molar-refractivity contribution in [2.45, 2.75) is 169 Å². The number of hydrogen-bond donors (Lipinski definition) is 5. The third kappa shape index (κ3) is 4.83. The zero-order chi connectivity index (χ0) is 41.9. The predicted octanol–water partition coefficient (Wildman–Crippen LogP) is 7.99. The van der Waals surface area contributed by atoms with Crippen LogP contribution in [0.25, 0.3) is 0 Å². The highest BCUT2D eigenvalue weighted by atomic mass is 16.5. The van der Waals surface area contributed by atoms with Crippen LogP contribution in [0.15, 0.2) is 12.1 Å². The molecule has 5 aliphatic carbocycles. The Bertz CT molecular complexity index is 2110. The maximum absolute atomic E-state index is 14.9. The molecule has 2 aliphatic heterocycles. The van der Waals surface area contributed by atoms with E-state index >= 15 is 0 Å². The highest BCUT2D eigenvalue weighted by Gasteiger charge is 2.70. The normalized spacial score (nSPS) is 41.6. The van der Waals surface area contributed by atoms with Crippen molar-refractivity contribution in [2.75, 3.05) is 0 Å². The average molecular weight is 801 g/mol. The molecule has 316 valence electrons. The fourth-order valence-corrected chi connectivity index (χ4v) is 15.2. The van der Waals surface area contributed by atoms with Gasteiger partial charge in [0.2, 0.25) is 0 Å². The van der Waals surface area contributed by atoms with Gasteiger partial charge in [0.25, 0.3) is 0 Å². The van der Waals surface area contributed by atoms with Gasteiger partial charge < -0.3 is 39.7 Å². The Kier molecular flexibility index (Phi) is 8.71. The van der Waals surface area contributed by atoms with Crippen LogP contribution in [0.1, 0.15) is 164 Å². The van der Waals surface area contributed by atoms with E-state index in [1.807, 2.05) is 0 Å². The molecule has 0 amide bonds. The zero-order valence-corrected chi connectivity index (χ0v) is 35.8. The lowest BCUT2D eigenvalue weighted by atomic mass is 9.43. The molecule has 0 unspecified atom stereocenters. The molecular weight excluding hydrogens is 737 g/mol. The number of rotatable bonds is 3. The molecule has 7 aliphatic rings. The van der Waals surface area contributed by atoms with Crippen molar-refractivity contribution >= 4 is 11.8 Å². The minimum Gasteiger partial charge on any atom is -0.508 e. The van der Waals surface area contributed by atoms with Crippen molar-refractivity contribution in [1.82, 2.24) is 0 Å². The Labute approximate surface area is 342 Å². The number of hydrogen-bond acceptors (Lipinski definition) is 10. The SMILES string of the molecule is CC(=O)O[C@@H]1CC[C@@]2(C)[C@@H](CC[C@@H](C)[C@]23Cc2c(O)cc4c(c2O3)[C@@H](O)[C@H](c2c(CO)cc(O)c3c2O[C@]2(C3)[C@H](C)CC[C@H]3C(C)(C)[C@H](O)CC[C@@]32C)C4=O)C1(C)C. The largest absolute Gasteiger partial charge is 0.508 e. The summed E-state index contributed by atoms with van der Waals surface area (Å²) >= 11 is 0. The molecule has 5 N–H and O–H groups in total. The first kappa shape index (κ1) is 40.1. The molecular formula is C48H64O10. The first-order valence-electron chi connectivity index (χ1n) is 21.9. The molecule has 12 atom stereocenters. The molecule has 2 aromatic rings. The fourth-order valence-electron chi connectivity index (χ4n) is 15.2. The summed E-state index contributed by atoms with van der Waals surface area (Å²) in [7, 11) is 0. The first-order valence-corrected chi connectivity index (χ1v) is 21.9. The lowest BCUT2D eigenvalue weighted by molar-refractivity contribution is -0.218. The monoisotopic (exact) mass is 800 g/mol. The van der Waals surface area contributed by atoms with Crippen molar-refractivity contribution in [3.63, 3.8) is 0 Å². The third-order valence-corrected chi connectivity index (χ3v) is 18.5. The third-order valence-electron chi connectivity index (χ3n) is 18.5. The van der Waals surface area contributed by atoms with Gasteiger partial charge in [0.05, 0.1) is 24.7 Å². The van der Waals surface area contributed by atoms with E-state index < -0.39 is 41.7 Å². The number of phenolic OH excluding ortho intramolecular Hbond substituents is 2. The lowest BCUT2D eigenvalue weighted by Gasteiger charge is -2.64. The molecule has 0 aromatic heterocycles. The van der Waals surface area contributed by atoms with Gasteiger partial charge in [-0.1, -0.05) is 55.4 Å². The van der Waals surface area contributed by atoms with Crippen LogP contribution in [-0.2, 0) is 29.0 Å². The number of aliphatic hydroxyl groups is 3. The average Bonchev–Trinajstić information content (AvgIpc) is 3.83. The molecule has 2 heterocycles. The smallest absolute Gasteiger partial charge is 0.302 e. The molecule has 2 spiro atoms. The van der Waals surface area contributed by atoms with Gasteiger partial charge >= 0.3 is 5.97 Å². The minimum atomic E-state index is -1.37. The van der Waals surface area contributed by atoms with Crippen molar-refractivity contribution in [2.24, 2.45) is 45.3 Å². The van der Waals surface area contributed by atoms with Crippen LogP contribution in [0, 0.1) is 45.3 Å². The van der Waals surface area contributed by atoms with Crippen molar-refractivity contribution in [3.05, 3.63) is 45.5 Å². The van der Waals surface area contributed by atoms with E-state index in [9.17, 15) is 35.1 Å². The number of ether oxygens (including phenoxy) is 3. The number of fused-ring (bicyclic) bond motifs is 8. The van der Waals surface area contributed by atoms with Gasteiger partial charge in [-0.2, -0.15) is 0 Å². The van der Waals surface area contributed by atoms with Crippen molar-refractivity contribution < 1.29 is 49.3 Å². The summed E-state index contributed by atoms with van der Waals surface area (Å²) in [6, 6.07) is 3.01. The number of ketones is 1. The predicted molar refractivity (Wildman–Crippen MR) is 216 cm³/mol. The number of esters is 1. The molecule has 58 heavy (non-hydrogen) atoms. The second-order valence-corrected chi connectivity index (χ2v) is 21.5. The van der Waals surface area contributed by atoms with Gasteiger partial charge in [-0.05, 0) is 98.1 Å². The van der Waals surface area contributed by atoms with Gasteiger partial charge in [0.1, 0.15) is 40.3 Å². The number of aromatic hydroxyl groups is 2. The van der Waals surface area contributed by atoms with Crippen LogP contribution in [0.2, 0.25) is 0 Å². The topological polar surface area (TPSA) is 163 Å². The maximum atomic E-state index is 14.9. The van der Waals surface area contributed by atoms with E-state index in [0.717, 1.165) is 38.5 Å². The van der Waals surface area contributed by atoms with E-state index in [1.54, 1.807) is 0 Å². The van der Waals surface area contributed by atoms with Crippen molar-refractivity contribution in [1.29, 1.82) is 0 Å². The van der Waals surface area contributed by atoms with Crippen LogP contribution < -0.4 is 9.47 Å². The molecule has 10 nitrogen and oxygen atoms in total. The van der Waals surface area contributed by atoms with Gasteiger partial charge in [-0.25, -0.2) is 0 Å². The Morgan fingerprint density at radius 3 is 1.83 bits per heavy atom. The quantitative estimate of drug-likeness (QED) is 0.192. The summed E-state index contributed by atoms with van der Waals surface area (Å²) in [6.45, 7) is 18.6. The Balaban J connectivity index is 1.13. The second-order valence-electron chi connectivity index (χ2n) is 21.5. The van der Waals surface area contributed by atoms with Gasteiger partial charge in [0.15, 0.2) is 5.78 Å². The number of phenols is 2. The van der Waals surface area contributed by atoms with Crippen LogP contribution >= 0.6 is 0 Å². The molecule has 0 saturated heterocycles. The Morgan fingerprint density at radius 1 is 0.759 bits per heavy atom. The molecule has 0 radical (unpaired) electrons. The van der Waals surface area contributed by atoms with Gasteiger partial charge in [-0.15, -0.1) is 0 Å². The summed E-state index contributed by atoms with van der Waals surface area (Å²) in [5.41, 5.74) is -0.569. The highest BCUT2D eigenvalue weighted by molar-refractivity contribution is 6.08.